The van der Waals surface area contributed by atoms with Gasteiger partial charge in [-0.05, 0) is 49.1 Å². The molecule has 2 aromatic rings. The molecule has 0 N–H and O–H groups in total. The fourth-order valence-electron chi connectivity index (χ4n) is 4.04. The Morgan fingerprint density at radius 2 is 1.64 bits per heavy atom. The van der Waals surface area contributed by atoms with Crippen LogP contribution in [0.5, 0.6) is 5.75 Å². The lowest BCUT2D eigenvalue weighted by atomic mass is 10.0. The van der Waals surface area contributed by atoms with Crippen molar-refractivity contribution in [2.24, 2.45) is 5.92 Å². The highest BCUT2D eigenvalue weighted by Gasteiger charge is 2.26. The van der Waals surface area contributed by atoms with Crippen molar-refractivity contribution in [2.75, 3.05) is 13.2 Å². The summed E-state index contributed by atoms with van der Waals surface area (Å²) < 4.78 is 31.7. The lowest BCUT2D eigenvalue weighted by Crippen LogP contribution is -2.27. The summed E-state index contributed by atoms with van der Waals surface area (Å²) in [6, 6.07) is 11.8. The molecule has 0 bridgehead atoms. The quantitative estimate of drug-likeness (QED) is 0.189. The second kappa shape index (κ2) is 13.5. The van der Waals surface area contributed by atoms with Crippen LogP contribution >= 0.6 is 0 Å². The highest BCUT2D eigenvalue weighted by atomic mass is 19.1. The summed E-state index contributed by atoms with van der Waals surface area (Å²) >= 11 is 0. The normalized spacial score (nSPS) is 18.3. The molecule has 4 nitrogen and oxygen atoms in total. The zero-order chi connectivity index (χ0) is 23.5. The maximum Gasteiger partial charge on any atom is 0.343 e. The van der Waals surface area contributed by atoms with E-state index in [1.165, 1.54) is 43.7 Å². The molecule has 1 aliphatic heterocycles. The molecule has 33 heavy (non-hydrogen) atoms. The Hall–Kier alpha value is -2.24. The van der Waals surface area contributed by atoms with E-state index >= 15 is 0 Å². The first-order valence-electron chi connectivity index (χ1n) is 12.4. The molecule has 0 amide bonds. The van der Waals surface area contributed by atoms with E-state index in [1.54, 1.807) is 24.3 Å². The van der Waals surface area contributed by atoms with E-state index in [0.717, 1.165) is 25.7 Å². The molecule has 0 unspecified atom stereocenters. The van der Waals surface area contributed by atoms with E-state index < -0.39 is 18.1 Å². The Balaban J connectivity index is 1.49. The molecular weight excluding hydrogens is 419 g/mol. The number of carbonyl (C=O) groups excluding carboxylic acids is 1. The molecule has 0 radical (unpaired) electrons. The van der Waals surface area contributed by atoms with Crippen LogP contribution in [0.1, 0.15) is 93.0 Å². The average molecular weight is 457 g/mol. The van der Waals surface area contributed by atoms with E-state index in [1.807, 2.05) is 12.1 Å². The predicted molar refractivity (Wildman–Crippen MR) is 128 cm³/mol. The molecule has 1 heterocycles. The molecular formula is C28H37FO4. The summed E-state index contributed by atoms with van der Waals surface area (Å²) in [6.45, 7) is 5.50. The maximum absolute atomic E-state index is 14.8. The maximum atomic E-state index is 14.8. The minimum absolute atomic E-state index is 0.159. The Labute approximate surface area is 197 Å². The molecule has 1 aliphatic rings. The zero-order valence-corrected chi connectivity index (χ0v) is 20.0. The Morgan fingerprint density at radius 1 is 0.939 bits per heavy atom. The summed E-state index contributed by atoms with van der Waals surface area (Å²) in [7, 11) is 0. The Bertz CT molecular complexity index is 857. The van der Waals surface area contributed by atoms with Gasteiger partial charge in [-0.2, -0.15) is 0 Å². The fourth-order valence-corrected chi connectivity index (χ4v) is 4.04. The first-order valence-corrected chi connectivity index (χ1v) is 12.4. The van der Waals surface area contributed by atoms with Crippen LogP contribution in [0.15, 0.2) is 42.5 Å². The second-order valence-electron chi connectivity index (χ2n) is 8.94. The largest absolute Gasteiger partial charge is 0.423 e. The Morgan fingerprint density at radius 3 is 2.30 bits per heavy atom. The number of ether oxygens (including phenoxy) is 3. The number of benzene rings is 2. The van der Waals surface area contributed by atoms with Gasteiger partial charge in [0.1, 0.15) is 11.6 Å². The van der Waals surface area contributed by atoms with E-state index in [9.17, 15) is 9.18 Å². The standard InChI is InChI=1S/C28H37FO4/c1-3-5-7-8-9-11-22-19-31-28(32-20-22)25-17-14-23(18-26(25)29)27(30)33-24-15-12-21(13-16-24)10-6-4-2/h12-18,22,28H,3-11,19-20H2,1-2H3. The number of hydrogen-bond acceptors (Lipinski definition) is 4. The monoisotopic (exact) mass is 456 g/mol. The molecule has 0 spiro atoms. The summed E-state index contributed by atoms with van der Waals surface area (Å²) in [6.07, 6.45) is 9.82. The van der Waals surface area contributed by atoms with Crippen LogP contribution in [0.3, 0.4) is 0 Å². The van der Waals surface area contributed by atoms with Gasteiger partial charge in [-0.15, -0.1) is 0 Å². The summed E-state index contributed by atoms with van der Waals surface area (Å²) in [5.41, 5.74) is 1.68. The Kier molecular flexibility index (Phi) is 10.4. The molecule has 3 rings (SSSR count). The smallest absolute Gasteiger partial charge is 0.343 e. The van der Waals surface area contributed by atoms with Gasteiger partial charge in [0.25, 0.3) is 0 Å². The van der Waals surface area contributed by atoms with Crippen molar-refractivity contribution in [3.8, 4) is 5.75 Å². The third-order valence-electron chi connectivity index (χ3n) is 6.13. The van der Waals surface area contributed by atoms with Crippen molar-refractivity contribution in [2.45, 2.75) is 77.9 Å². The first kappa shape index (κ1) is 25.4. The number of halogens is 1. The van der Waals surface area contributed by atoms with Crippen LogP contribution < -0.4 is 4.74 Å². The molecule has 5 heteroatoms. The van der Waals surface area contributed by atoms with Gasteiger partial charge in [0.2, 0.25) is 0 Å². The van der Waals surface area contributed by atoms with Crippen LogP contribution in [0.25, 0.3) is 0 Å². The third kappa shape index (κ3) is 7.94. The van der Waals surface area contributed by atoms with Crippen molar-refractivity contribution >= 4 is 5.97 Å². The topological polar surface area (TPSA) is 44.8 Å². The van der Waals surface area contributed by atoms with Crippen molar-refractivity contribution in [3.63, 3.8) is 0 Å². The minimum Gasteiger partial charge on any atom is -0.423 e. The zero-order valence-electron chi connectivity index (χ0n) is 20.0. The SMILES string of the molecule is CCCCCCCC1COC(c2ccc(C(=O)Oc3ccc(CCCC)cc3)cc2F)OC1. The molecule has 1 saturated heterocycles. The third-order valence-corrected chi connectivity index (χ3v) is 6.13. The van der Waals surface area contributed by atoms with E-state index in [0.29, 0.717) is 30.4 Å². The van der Waals surface area contributed by atoms with Crippen molar-refractivity contribution < 1.29 is 23.4 Å². The molecule has 180 valence electrons. The van der Waals surface area contributed by atoms with Crippen molar-refractivity contribution in [3.05, 3.63) is 65.0 Å². The van der Waals surface area contributed by atoms with Gasteiger partial charge in [0.15, 0.2) is 6.29 Å². The molecule has 0 aliphatic carbocycles. The number of unbranched alkanes of at least 4 members (excludes halogenated alkanes) is 5. The van der Waals surface area contributed by atoms with Crippen LogP contribution in [0.4, 0.5) is 4.39 Å². The highest BCUT2D eigenvalue weighted by Crippen LogP contribution is 2.29. The van der Waals surface area contributed by atoms with Gasteiger partial charge in [-0.1, -0.05) is 70.6 Å². The number of esters is 1. The van der Waals surface area contributed by atoms with Crippen LogP contribution in [0, 0.1) is 11.7 Å². The van der Waals surface area contributed by atoms with Crippen LogP contribution in [0.2, 0.25) is 0 Å². The summed E-state index contributed by atoms with van der Waals surface area (Å²) in [5.74, 6) is -0.310. The lowest BCUT2D eigenvalue weighted by Gasteiger charge is -2.30. The average Bonchev–Trinajstić information content (AvgIpc) is 2.84. The van der Waals surface area contributed by atoms with Gasteiger partial charge in [0, 0.05) is 11.5 Å². The molecule has 0 saturated carbocycles. The molecule has 0 aromatic heterocycles. The van der Waals surface area contributed by atoms with Crippen molar-refractivity contribution in [1.82, 2.24) is 0 Å². The van der Waals surface area contributed by atoms with E-state index in [2.05, 4.69) is 13.8 Å². The van der Waals surface area contributed by atoms with Gasteiger partial charge in [-0.3, -0.25) is 0 Å². The molecule has 2 aromatic carbocycles. The number of aryl methyl sites for hydroxylation is 1. The van der Waals surface area contributed by atoms with Crippen LogP contribution in [-0.4, -0.2) is 19.2 Å². The van der Waals surface area contributed by atoms with E-state index in [4.69, 9.17) is 14.2 Å². The lowest BCUT2D eigenvalue weighted by molar-refractivity contribution is -0.207. The fraction of sp³-hybridized carbons (Fsp3) is 0.536. The summed E-state index contributed by atoms with van der Waals surface area (Å²) in [5, 5.41) is 0. The predicted octanol–water partition coefficient (Wildman–Crippen LogP) is 7.41. The first-order chi connectivity index (χ1) is 16.1. The second-order valence-corrected chi connectivity index (χ2v) is 8.94. The van der Waals surface area contributed by atoms with Gasteiger partial charge in [0.05, 0.1) is 18.8 Å². The van der Waals surface area contributed by atoms with Gasteiger partial charge >= 0.3 is 5.97 Å². The number of rotatable bonds is 12. The van der Waals surface area contributed by atoms with Gasteiger partial charge < -0.3 is 14.2 Å². The highest BCUT2D eigenvalue weighted by molar-refractivity contribution is 5.91. The molecule has 0 atom stereocenters. The number of carbonyl (C=O) groups is 1. The summed E-state index contributed by atoms with van der Waals surface area (Å²) in [4.78, 5) is 12.5. The molecule has 1 fully saturated rings. The van der Waals surface area contributed by atoms with Gasteiger partial charge in [-0.25, -0.2) is 9.18 Å². The number of hydrogen-bond donors (Lipinski definition) is 0. The van der Waals surface area contributed by atoms with Crippen LogP contribution in [-0.2, 0) is 15.9 Å². The van der Waals surface area contributed by atoms with Crippen molar-refractivity contribution in [1.29, 1.82) is 0 Å². The minimum atomic E-state index is -0.734. The van der Waals surface area contributed by atoms with E-state index in [-0.39, 0.29) is 5.56 Å².